The number of halogens is 1. The average Bonchev–Trinajstić information content (AvgIpc) is 2.59. The number of sulfonamides is 1. The number of anilines is 1. The van der Waals surface area contributed by atoms with Gasteiger partial charge in [0.25, 0.3) is 0 Å². The molecule has 1 aromatic rings. The van der Waals surface area contributed by atoms with E-state index in [-0.39, 0.29) is 18.2 Å². The van der Waals surface area contributed by atoms with Crippen molar-refractivity contribution < 1.29 is 8.42 Å². The number of hydrogen-bond donors (Lipinski definition) is 1. The van der Waals surface area contributed by atoms with Crippen molar-refractivity contribution in [2.24, 2.45) is 5.92 Å². The van der Waals surface area contributed by atoms with Gasteiger partial charge in [-0.05, 0) is 24.0 Å². The van der Waals surface area contributed by atoms with E-state index in [1.807, 2.05) is 24.3 Å². The summed E-state index contributed by atoms with van der Waals surface area (Å²) in [4.78, 5) is 0. The number of rotatable bonds is 4. The molecule has 1 N–H and O–H groups in total. The lowest BCUT2D eigenvalue weighted by atomic mass is 9.84. The monoisotopic (exact) mass is 330 g/mol. The standard InChI is InChI=1S/C15H22N2O2S.ClH/c18-20(19,11-8-13-4-3-5-13)17-10-9-16-12-14-6-1-2-7-15(14)17;/h1-2,6-7,13,16H,3-5,8-12H2;1H. The van der Waals surface area contributed by atoms with Crippen molar-refractivity contribution in [1.29, 1.82) is 0 Å². The SMILES string of the molecule is Cl.O=S(=O)(CCC1CCC1)N1CCNCc2ccccc21. The summed E-state index contributed by atoms with van der Waals surface area (Å²) in [6.45, 7) is 1.98. The van der Waals surface area contributed by atoms with Gasteiger partial charge in [0, 0.05) is 19.6 Å². The Balaban J connectivity index is 0.00000161. The van der Waals surface area contributed by atoms with Crippen LogP contribution in [-0.2, 0) is 16.6 Å². The van der Waals surface area contributed by atoms with Gasteiger partial charge in [0.15, 0.2) is 0 Å². The van der Waals surface area contributed by atoms with Crippen LogP contribution in [0.25, 0.3) is 0 Å². The Morgan fingerprint density at radius 2 is 2.00 bits per heavy atom. The molecule has 0 atom stereocenters. The predicted octanol–water partition coefficient (Wildman–Crippen LogP) is 2.54. The maximum absolute atomic E-state index is 12.6. The summed E-state index contributed by atoms with van der Waals surface area (Å²) in [6, 6.07) is 7.80. The molecule has 2 aliphatic rings. The second-order valence-electron chi connectivity index (χ2n) is 5.78. The molecule has 1 fully saturated rings. The van der Waals surface area contributed by atoms with Crippen LogP contribution in [0, 0.1) is 5.92 Å². The largest absolute Gasteiger partial charge is 0.311 e. The Kier molecular flexibility index (Phi) is 5.52. The Morgan fingerprint density at radius 1 is 1.24 bits per heavy atom. The van der Waals surface area contributed by atoms with E-state index in [1.165, 1.54) is 19.3 Å². The molecule has 6 heteroatoms. The van der Waals surface area contributed by atoms with Crippen LogP contribution in [0.1, 0.15) is 31.2 Å². The van der Waals surface area contributed by atoms with E-state index in [9.17, 15) is 8.42 Å². The molecular weight excluding hydrogens is 308 g/mol. The van der Waals surface area contributed by atoms with Crippen LogP contribution in [0.3, 0.4) is 0 Å². The number of fused-ring (bicyclic) bond motifs is 1. The molecule has 0 radical (unpaired) electrons. The Bertz CT molecular complexity index is 573. The topological polar surface area (TPSA) is 49.4 Å². The first-order valence-corrected chi connectivity index (χ1v) is 9.07. The second kappa shape index (κ2) is 6.99. The van der Waals surface area contributed by atoms with Crippen LogP contribution in [0.2, 0.25) is 0 Å². The van der Waals surface area contributed by atoms with E-state index in [1.54, 1.807) is 4.31 Å². The number of hydrogen-bond acceptors (Lipinski definition) is 3. The number of para-hydroxylation sites is 1. The molecule has 1 saturated carbocycles. The third-order valence-electron chi connectivity index (χ3n) is 4.41. The highest BCUT2D eigenvalue weighted by atomic mass is 35.5. The lowest BCUT2D eigenvalue weighted by Crippen LogP contribution is -2.37. The van der Waals surface area contributed by atoms with Crippen molar-refractivity contribution in [2.45, 2.75) is 32.2 Å². The average molecular weight is 331 g/mol. The molecule has 3 rings (SSSR count). The minimum absolute atomic E-state index is 0. The summed E-state index contributed by atoms with van der Waals surface area (Å²) in [7, 11) is -3.20. The molecule has 1 aliphatic carbocycles. The molecule has 0 amide bonds. The lowest BCUT2D eigenvalue weighted by molar-refractivity contribution is 0.307. The molecule has 4 nitrogen and oxygen atoms in total. The zero-order chi connectivity index (χ0) is 14.0. The molecule has 0 bridgehead atoms. The highest BCUT2D eigenvalue weighted by Gasteiger charge is 2.28. The van der Waals surface area contributed by atoms with Gasteiger partial charge in [0.1, 0.15) is 0 Å². The molecule has 1 heterocycles. The van der Waals surface area contributed by atoms with E-state index in [2.05, 4.69) is 5.32 Å². The first-order valence-electron chi connectivity index (χ1n) is 7.46. The van der Waals surface area contributed by atoms with Crippen molar-refractivity contribution in [3.63, 3.8) is 0 Å². The molecule has 0 aromatic heterocycles. The van der Waals surface area contributed by atoms with Gasteiger partial charge in [-0.2, -0.15) is 0 Å². The van der Waals surface area contributed by atoms with Crippen LogP contribution >= 0.6 is 12.4 Å². The van der Waals surface area contributed by atoms with E-state index in [0.717, 1.165) is 24.2 Å². The van der Waals surface area contributed by atoms with Crippen LogP contribution in [0.4, 0.5) is 5.69 Å². The highest BCUT2D eigenvalue weighted by molar-refractivity contribution is 7.92. The maximum Gasteiger partial charge on any atom is 0.235 e. The molecular formula is C15H23ClN2O2S. The van der Waals surface area contributed by atoms with E-state index >= 15 is 0 Å². The summed E-state index contributed by atoms with van der Waals surface area (Å²) in [5.41, 5.74) is 1.92. The van der Waals surface area contributed by atoms with Crippen LogP contribution in [0.15, 0.2) is 24.3 Å². The fourth-order valence-electron chi connectivity index (χ4n) is 2.92. The van der Waals surface area contributed by atoms with Crippen molar-refractivity contribution in [2.75, 3.05) is 23.1 Å². The zero-order valence-electron chi connectivity index (χ0n) is 12.1. The summed E-state index contributed by atoms with van der Waals surface area (Å²) < 4.78 is 26.9. The van der Waals surface area contributed by atoms with Crippen LogP contribution in [-0.4, -0.2) is 27.3 Å². The Morgan fingerprint density at radius 3 is 2.71 bits per heavy atom. The Hall–Kier alpha value is -0.780. The molecule has 1 aromatic carbocycles. The van der Waals surface area contributed by atoms with Gasteiger partial charge in [-0.15, -0.1) is 12.4 Å². The summed E-state index contributed by atoms with van der Waals surface area (Å²) in [6.07, 6.45) is 4.48. The van der Waals surface area contributed by atoms with E-state index < -0.39 is 10.0 Å². The summed E-state index contributed by atoms with van der Waals surface area (Å²) >= 11 is 0. The third-order valence-corrected chi connectivity index (χ3v) is 6.21. The van der Waals surface area contributed by atoms with Gasteiger partial charge in [0.2, 0.25) is 10.0 Å². The number of nitrogens with one attached hydrogen (secondary N) is 1. The quantitative estimate of drug-likeness (QED) is 0.923. The van der Waals surface area contributed by atoms with Crippen LogP contribution in [0.5, 0.6) is 0 Å². The summed E-state index contributed by atoms with van der Waals surface area (Å²) in [5, 5.41) is 3.29. The van der Waals surface area contributed by atoms with Crippen molar-refractivity contribution in [3.05, 3.63) is 29.8 Å². The molecule has 0 spiro atoms. The molecule has 1 aliphatic heterocycles. The van der Waals surface area contributed by atoms with Crippen molar-refractivity contribution >= 4 is 28.1 Å². The van der Waals surface area contributed by atoms with Gasteiger partial charge in [0.05, 0.1) is 11.4 Å². The van der Waals surface area contributed by atoms with Gasteiger partial charge in [-0.25, -0.2) is 8.42 Å². The molecule has 118 valence electrons. The fourth-order valence-corrected chi connectivity index (χ4v) is 4.62. The van der Waals surface area contributed by atoms with E-state index in [0.29, 0.717) is 19.0 Å². The van der Waals surface area contributed by atoms with E-state index in [4.69, 9.17) is 0 Å². The molecule has 21 heavy (non-hydrogen) atoms. The minimum Gasteiger partial charge on any atom is -0.311 e. The second-order valence-corrected chi connectivity index (χ2v) is 7.79. The van der Waals surface area contributed by atoms with Gasteiger partial charge in [-0.3, -0.25) is 4.31 Å². The maximum atomic E-state index is 12.6. The van der Waals surface area contributed by atoms with Gasteiger partial charge in [-0.1, -0.05) is 37.5 Å². The Labute approximate surface area is 133 Å². The minimum atomic E-state index is -3.20. The third kappa shape index (κ3) is 3.71. The first kappa shape index (κ1) is 16.6. The lowest BCUT2D eigenvalue weighted by Gasteiger charge is -2.28. The molecule has 0 unspecified atom stereocenters. The summed E-state index contributed by atoms with van der Waals surface area (Å²) in [5.74, 6) is 0.913. The van der Waals surface area contributed by atoms with Crippen LogP contribution < -0.4 is 9.62 Å². The van der Waals surface area contributed by atoms with Crippen molar-refractivity contribution in [1.82, 2.24) is 5.32 Å². The fraction of sp³-hybridized carbons (Fsp3) is 0.600. The number of benzene rings is 1. The number of nitrogens with zero attached hydrogens (tertiary/aromatic N) is 1. The predicted molar refractivity (Wildman–Crippen MR) is 88.5 cm³/mol. The van der Waals surface area contributed by atoms with Gasteiger partial charge >= 0.3 is 0 Å². The first-order chi connectivity index (χ1) is 9.67. The highest BCUT2D eigenvalue weighted by Crippen LogP contribution is 2.31. The van der Waals surface area contributed by atoms with Gasteiger partial charge < -0.3 is 5.32 Å². The normalized spacial score (nSPS) is 19.1. The van der Waals surface area contributed by atoms with Crippen molar-refractivity contribution in [3.8, 4) is 0 Å². The smallest absolute Gasteiger partial charge is 0.235 e. The zero-order valence-corrected chi connectivity index (χ0v) is 13.8. The molecule has 0 saturated heterocycles.